The van der Waals surface area contributed by atoms with Gasteiger partial charge in [-0.05, 0) is 35.9 Å². The van der Waals surface area contributed by atoms with E-state index in [0.29, 0.717) is 45.0 Å². The molecule has 0 saturated heterocycles. The first-order valence-electron chi connectivity index (χ1n) is 12.6. The van der Waals surface area contributed by atoms with Gasteiger partial charge in [0.05, 0.1) is 45.2 Å². The molecule has 0 aliphatic carbocycles. The van der Waals surface area contributed by atoms with Crippen molar-refractivity contribution in [1.29, 1.82) is 0 Å². The first-order chi connectivity index (χ1) is 19.5. The number of aromatic amines is 1. The summed E-state index contributed by atoms with van der Waals surface area (Å²) in [5.74, 6) is 0.402. The third-order valence-electron chi connectivity index (χ3n) is 6.81. The molecule has 1 unspecified atom stereocenters. The standard InChI is InChI=1S/C31H29N3O6/c1-37-27-14-18(15-28(38-2)29(27)39-3)25-16-22(21-10-6-8-12-24(21)33-25)30(35)34-26(31(36)40-4)13-19-17-32-23-11-7-5-9-20(19)23/h5-12,14-17,26,32H,13H2,1-4H3,(H,34,35). The molecular weight excluding hydrogens is 510 g/mol. The first-order valence-corrected chi connectivity index (χ1v) is 12.6. The normalized spacial score (nSPS) is 11.7. The highest BCUT2D eigenvalue weighted by Gasteiger charge is 2.26. The van der Waals surface area contributed by atoms with Crippen LogP contribution < -0.4 is 19.5 Å². The lowest BCUT2D eigenvalue weighted by Gasteiger charge is -2.18. The molecule has 0 saturated carbocycles. The van der Waals surface area contributed by atoms with E-state index in [9.17, 15) is 9.59 Å². The highest BCUT2D eigenvalue weighted by atomic mass is 16.5. The minimum atomic E-state index is -0.909. The van der Waals surface area contributed by atoms with Crippen molar-refractivity contribution in [3.8, 4) is 28.5 Å². The van der Waals surface area contributed by atoms with E-state index in [1.807, 2.05) is 54.7 Å². The number of rotatable bonds is 9. The second kappa shape index (κ2) is 11.4. The van der Waals surface area contributed by atoms with Gasteiger partial charge >= 0.3 is 5.97 Å². The number of H-pyrrole nitrogens is 1. The van der Waals surface area contributed by atoms with Crippen LogP contribution in [-0.4, -0.2) is 56.3 Å². The van der Waals surface area contributed by atoms with Crippen molar-refractivity contribution >= 4 is 33.7 Å². The number of para-hydroxylation sites is 2. The maximum atomic E-state index is 13.8. The topological polar surface area (TPSA) is 112 Å². The van der Waals surface area contributed by atoms with E-state index < -0.39 is 17.9 Å². The summed E-state index contributed by atoms with van der Waals surface area (Å²) in [6, 6.07) is 19.5. The number of aromatic nitrogens is 2. The number of hydrogen-bond donors (Lipinski definition) is 2. The molecule has 5 aromatic rings. The molecule has 2 aromatic heterocycles. The summed E-state index contributed by atoms with van der Waals surface area (Å²) in [5, 5.41) is 4.52. The fourth-order valence-electron chi connectivity index (χ4n) is 4.83. The summed E-state index contributed by atoms with van der Waals surface area (Å²) in [7, 11) is 5.91. The van der Waals surface area contributed by atoms with Crippen LogP contribution in [0, 0.1) is 0 Å². The largest absolute Gasteiger partial charge is 0.493 e. The van der Waals surface area contributed by atoms with Gasteiger partial charge in [0.15, 0.2) is 11.5 Å². The number of esters is 1. The molecule has 9 nitrogen and oxygen atoms in total. The number of nitrogens with one attached hydrogen (secondary N) is 2. The second-order valence-electron chi connectivity index (χ2n) is 9.10. The van der Waals surface area contributed by atoms with Crippen LogP contribution in [0.3, 0.4) is 0 Å². The van der Waals surface area contributed by atoms with E-state index in [4.69, 9.17) is 23.9 Å². The number of nitrogens with zero attached hydrogens (tertiary/aromatic N) is 1. The first kappa shape index (κ1) is 26.6. The number of fused-ring (bicyclic) bond motifs is 2. The predicted octanol–water partition coefficient (Wildman–Crippen LogP) is 4.92. The Labute approximate surface area is 231 Å². The number of benzene rings is 3. The Morgan fingerprint density at radius 1 is 0.875 bits per heavy atom. The Morgan fingerprint density at radius 2 is 1.55 bits per heavy atom. The molecule has 2 N–H and O–H groups in total. The van der Waals surface area contributed by atoms with Gasteiger partial charge in [-0.1, -0.05) is 36.4 Å². The number of carbonyl (C=O) groups is 2. The summed E-state index contributed by atoms with van der Waals surface area (Å²) < 4.78 is 21.5. The second-order valence-corrected chi connectivity index (χ2v) is 9.10. The zero-order valence-electron chi connectivity index (χ0n) is 22.6. The maximum absolute atomic E-state index is 13.8. The fraction of sp³-hybridized carbons (Fsp3) is 0.194. The van der Waals surface area contributed by atoms with Crippen LogP contribution in [0.4, 0.5) is 0 Å². The van der Waals surface area contributed by atoms with Crippen LogP contribution in [0.25, 0.3) is 33.1 Å². The van der Waals surface area contributed by atoms with Crippen molar-refractivity contribution in [3.05, 3.63) is 84.1 Å². The minimum absolute atomic E-state index is 0.255. The van der Waals surface area contributed by atoms with Crippen molar-refractivity contribution in [2.45, 2.75) is 12.5 Å². The molecule has 5 rings (SSSR count). The fourth-order valence-corrected chi connectivity index (χ4v) is 4.83. The SMILES string of the molecule is COC(=O)C(Cc1c[nH]c2ccccc12)NC(=O)c1cc(-c2cc(OC)c(OC)c(OC)c2)nc2ccccc12. The Kier molecular flexibility index (Phi) is 7.54. The van der Waals surface area contributed by atoms with E-state index in [0.717, 1.165) is 16.5 Å². The van der Waals surface area contributed by atoms with E-state index in [2.05, 4.69) is 10.3 Å². The van der Waals surface area contributed by atoms with Gasteiger partial charge in [0.25, 0.3) is 5.91 Å². The average Bonchev–Trinajstić information content (AvgIpc) is 3.41. The Bertz CT molecular complexity index is 1690. The van der Waals surface area contributed by atoms with Crippen LogP contribution in [0.1, 0.15) is 15.9 Å². The lowest BCUT2D eigenvalue weighted by atomic mass is 10.0. The molecule has 0 bridgehead atoms. The maximum Gasteiger partial charge on any atom is 0.328 e. The molecule has 9 heteroatoms. The zero-order valence-corrected chi connectivity index (χ0v) is 22.6. The van der Waals surface area contributed by atoms with Crippen molar-refractivity contribution in [1.82, 2.24) is 15.3 Å². The quantitative estimate of drug-likeness (QED) is 0.256. The minimum Gasteiger partial charge on any atom is -0.493 e. The molecule has 1 atom stereocenters. The third kappa shape index (κ3) is 5.01. The number of carbonyl (C=O) groups excluding carboxylic acids is 2. The molecule has 0 fully saturated rings. The number of pyridine rings is 1. The zero-order chi connectivity index (χ0) is 28.2. The van der Waals surface area contributed by atoms with Crippen LogP contribution >= 0.6 is 0 Å². The van der Waals surface area contributed by atoms with E-state index >= 15 is 0 Å². The van der Waals surface area contributed by atoms with Crippen LogP contribution in [-0.2, 0) is 16.0 Å². The van der Waals surface area contributed by atoms with E-state index in [-0.39, 0.29) is 6.42 Å². The Morgan fingerprint density at radius 3 is 2.23 bits per heavy atom. The average molecular weight is 540 g/mol. The molecule has 40 heavy (non-hydrogen) atoms. The summed E-state index contributed by atoms with van der Waals surface area (Å²) in [6.45, 7) is 0. The number of amides is 1. The molecule has 204 valence electrons. The number of ether oxygens (including phenoxy) is 4. The molecule has 0 aliphatic heterocycles. The monoisotopic (exact) mass is 539 g/mol. The summed E-state index contributed by atoms with van der Waals surface area (Å²) in [5.41, 5.74) is 4.01. The van der Waals surface area contributed by atoms with Gasteiger partial charge in [-0.3, -0.25) is 4.79 Å². The van der Waals surface area contributed by atoms with Gasteiger partial charge < -0.3 is 29.2 Å². The smallest absolute Gasteiger partial charge is 0.328 e. The van der Waals surface area contributed by atoms with Gasteiger partial charge in [-0.15, -0.1) is 0 Å². The lowest BCUT2D eigenvalue weighted by molar-refractivity contribution is -0.142. The summed E-state index contributed by atoms with van der Waals surface area (Å²) >= 11 is 0. The molecule has 2 heterocycles. The Balaban J connectivity index is 1.55. The van der Waals surface area contributed by atoms with Crippen LogP contribution in [0.2, 0.25) is 0 Å². The molecule has 0 spiro atoms. The summed E-state index contributed by atoms with van der Waals surface area (Å²) in [6.07, 6.45) is 2.10. The highest BCUT2D eigenvalue weighted by Crippen LogP contribution is 2.41. The van der Waals surface area contributed by atoms with E-state index in [1.165, 1.54) is 28.4 Å². The number of hydrogen-bond acceptors (Lipinski definition) is 7. The predicted molar refractivity (Wildman–Crippen MR) is 152 cm³/mol. The molecular formula is C31H29N3O6. The van der Waals surface area contributed by atoms with Crippen LogP contribution in [0.15, 0.2) is 72.9 Å². The van der Waals surface area contributed by atoms with Crippen molar-refractivity contribution in [2.75, 3.05) is 28.4 Å². The summed E-state index contributed by atoms with van der Waals surface area (Å²) in [4.78, 5) is 34.6. The lowest BCUT2D eigenvalue weighted by Crippen LogP contribution is -2.43. The van der Waals surface area contributed by atoms with Crippen LogP contribution in [0.5, 0.6) is 17.2 Å². The van der Waals surface area contributed by atoms with Gasteiger partial charge in [0, 0.05) is 34.5 Å². The number of methoxy groups -OCH3 is 4. The van der Waals surface area contributed by atoms with Crippen molar-refractivity contribution in [3.63, 3.8) is 0 Å². The van der Waals surface area contributed by atoms with Gasteiger partial charge in [-0.25, -0.2) is 9.78 Å². The molecule has 1 amide bonds. The van der Waals surface area contributed by atoms with Crippen molar-refractivity contribution < 1.29 is 28.5 Å². The van der Waals surface area contributed by atoms with Gasteiger partial charge in [-0.2, -0.15) is 0 Å². The third-order valence-corrected chi connectivity index (χ3v) is 6.81. The van der Waals surface area contributed by atoms with Crippen molar-refractivity contribution in [2.24, 2.45) is 0 Å². The van der Waals surface area contributed by atoms with Gasteiger partial charge in [0.1, 0.15) is 6.04 Å². The molecule has 0 radical (unpaired) electrons. The highest BCUT2D eigenvalue weighted by molar-refractivity contribution is 6.08. The van der Waals surface area contributed by atoms with E-state index in [1.54, 1.807) is 18.2 Å². The molecule has 0 aliphatic rings. The Hall–Kier alpha value is -5.05. The molecule has 3 aromatic carbocycles. The van der Waals surface area contributed by atoms with Gasteiger partial charge in [0.2, 0.25) is 5.75 Å².